The Balaban J connectivity index is 1.56. The van der Waals surface area contributed by atoms with Crippen molar-refractivity contribution < 1.29 is 9.47 Å². The third-order valence-electron chi connectivity index (χ3n) is 3.77. The zero-order chi connectivity index (χ0) is 17.9. The fourth-order valence-corrected chi connectivity index (χ4v) is 5.20. The van der Waals surface area contributed by atoms with Crippen molar-refractivity contribution in [1.29, 1.82) is 0 Å². The number of thiazole rings is 1. The second-order valence-electron chi connectivity index (χ2n) is 5.29. The highest BCUT2D eigenvalue weighted by molar-refractivity contribution is 7.98. The zero-order valence-corrected chi connectivity index (χ0v) is 16.6. The van der Waals surface area contributed by atoms with Gasteiger partial charge >= 0.3 is 0 Å². The SMILES string of the molecule is COc1cccc(-c2nc(CSc3ncnc4sccc34)cs2)c1OC. The summed E-state index contributed by atoms with van der Waals surface area (Å²) in [4.78, 5) is 14.5. The minimum Gasteiger partial charge on any atom is -0.493 e. The Morgan fingerprint density at radius 1 is 1.08 bits per heavy atom. The van der Waals surface area contributed by atoms with Crippen molar-refractivity contribution in [1.82, 2.24) is 15.0 Å². The number of thiophene rings is 1. The molecule has 0 unspecified atom stereocenters. The molecule has 132 valence electrons. The van der Waals surface area contributed by atoms with E-state index in [2.05, 4.69) is 21.4 Å². The summed E-state index contributed by atoms with van der Waals surface area (Å²) in [5, 5.41) is 7.13. The Kier molecular flexibility index (Phi) is 5.05. The van der Waals surface area contributed by atoms with Gasteiger partial charge in [0.2, 0.25) is 0 Å². The first kappa shape index (κ1) is 17.3. The molecule has 0 aliphatic heterocycles. The number of hydrogen-bond donors (Lipinski definition) is 0. The van der Waals surface area contributed by atoms with Crippen molar-refractivity contribution in [3.8, 4) is 22.1 Å². The molecule has 0 bridgehead atoms. The topological polar surface area (TPSA) is 57.1 Å². The number of fused-ring (bicyclic) bond motifs is 1. The van der Waals surface area contributed by atoms with Gasteiger partial charge in [-0.3, -0.25) is 0 Å². The van der Waals surface area contributed by atoms with Crippen LogP contribution in [0, 0.1) is 0 Å². The van der Waals surface area contributed by atoms with E-state index in [0.29, 0.717) is 11.5 Å². The first-order chi connectivity index (χ1) is 12.8. The highest BCUT2D eigenvalue weighted by Gasteiger charge is 2.15. The van der Waals surface area contributed by atoms with Crippen LogP contribution in [0.5, 0.6) is 11.5 Å². The fraction of sp³-hybridized carbons (Fsp3) is 0.167. The quantitative estimate of drug-likeness (QED) is 0.330. The molecule has 26 heavy (non-hydrogen) atoms. The normalized spacial score (nSPS) is 11.0. The third kappa shape index (κ3) is 3.27. The number of hydrogen-bond acceptors (Lipinski definition) is 8. The predicted molar refractivity (Wildman–Crippen MR) is 108 cm³/mol. The van der Waals surface area contributed by atoms with Gasteiger partial charge in [-0.2, -0.15) is 0 Å². The summed E-state index contributed by atoms with van der Waals surface area (Å²) in [6.07, 6.45) is 1.62. The average molecular weight is 402 g/mol. The van der Waals surface area contributed by atoms with Crippen LogP contribution in [0.25, 0.3) is 20.8 Å². The van der Waals surface area contributed by atoms with Gasteiger partial charge in [0.25, 0.3) is 0 Å². The van der Waals surface area contributed by atoms with E-state index in [1.54, 1.807) is 55.0 Å². The Morgan fingerprint density at radius 3 is 2.85 bits per heavy atom. The lowest BCUT2D eigenvalue weighted by atomic mass is 10.2. The maximum Gasteiger partial charge on any atom is 0.170 e. The summed E-state index contributed by atoms with van der Waals surface area (Å²) in [6, 6.07) is 7.89. The number of methoxy groups -OCH3 is 2. The van der Waals surface area contributed by atoms with Gasteiger partial charge in [-0.1, -0.05) is 17.8 Å². The van der Waals surface area contributed by atoms with Gasteiger partial charge in [-0.05, 0) is 23.6 Å². The lowest BCUT2D eigenvalue weighted by molar-refractivity contribution is 0.356. The second kappa shape index (κ2) is 7.61. The first-order valence-corrected chi connectivity index (χ1v) is 10.5. The number of benzene rings is 1. The highest BCUT2D eigenvalue weighted by atomic mass is 32.2. The van der Waals surface area contributed by atoms with Gasteiger partial charge in [0, 0.05) is 16.5 Å². The molecule has 3 aromatic heterocycles. The van der Waals surface area contributed by atoms with Crippen LogP contribution in [-0.2, 0) is 5.75 Å². The van der Waals surface area contributed by atoms with Crippen molar-refractivity contribution in [2.24, 2.45) is 0 Å². The molecule has 0 aliphatic rings. The molecule has 3 heterocycles. The number of para-hydroxylation sites is 1. The van der Waals surface area contributed by atoms with Crippen molar-refractivity contribution in [3.05, 3.63) is 47.0 Å². The molecule has 0 saturated carbocycles. The summed E-state index contributed by atoms with van der Waals surface area (Å²) in [5.74, 6) is 2.17. The molecule has 8 heteroatoms. The molecule has 0 N–H and O–H groups in total. The summed E-state index contributed by atoms with van der Waals surface area (Å²) in [6.45, 7) is 0. The molecular weight excluding hydrogens is 386 g/mol. The Morgan fingerprint density at radius 2 is 2.00 bits per heavy atom. The number of thioether (sulfide) groups is 1. The summed E-state index contributed by atoms with van der Waals surface area (Å²) < 4.78 is 10.9. The van der Waals surface area contributed by atoms with E-state index in [-0.39, 0.29) is 0 Å². The smallest absolute Gasteiger partial charge is 0.170 e. The number of rotatable bonds is 6. The third-order valence-corrected chi connectivity index (χ3v) is 6.55. The molecule has 0 radical (unpaired) electrons. The Bertz CT molecular complexity index is 1050. The second-order valence-corrected chi connectivity index (χ2v) is 8.01. The minimum absolute atomic E-state index is 0.706. The van der Waals surface area contributed by atoms with Gasteiger partial charge in [-0.15, -0.1) is 22.7 Å². The number of aromatic nitrogens is 3. The lowest BCUT2D eigenvalue weighted by Gasteiger charge is -2.10. The molecular formula is C18H15N3O2S3. The van der Waals surface area contributed by atoms with Gasteiger partial charge in [0.05, 0.1) is 25.5 Å². The number of ether oxygens (including phenoxy) is 2. The molecule has 0 spiro atoms. The molecule has 0 aliphatic carbocycles. The van der Waals surface area contributed by atoms with Gasteiger partial charge in [0.1, 0.15) is 21.2 Å². The van der Waals surface area contributed by atoms with E-state index >= 15 is 0 Å². The minimum atomic E-state index is 0.706. The standard InChI is InChI=1S/C18H15N3O2S3/c1-22-14-5-3-4-12(15(14)23-2)18-21-11(9-26-18)8-25-17-13-6-7-24-16(13)19-10-20-17/h3-7,9-10H,8H2,1-2H3. The first-order valence-electron chi connectivity index (χ1n) is 7.77. The van der Waals surface area contributed by atoms with Crippen LogP contribution in [-0.4, -0.2) is 29.2 Å². The highest BCUT2D eigenvalue weighted by Crippen LogP contribution is 2.39. The maximum absolute atomic E-state index is 5.52. The zero-order valence-electron chi connectivity index (χ0n) is 14.1. The van der Waals surface area contributed by atoms with Crippen molar-refractivity contribution in [2.75, 3.05) is 14.2 Å². The van der Waals surface area contributed by atoms with Crippen LogP contribution in [0.2, 0.25) is 0 Å². The largest absolute Gasteiger partial charge is 0.493 e. The Labute approximate surface area is 163 Å². The van der Waals surface area contributed by atoms with Crippen LogP contribution < -0.4 is 9.47 Å². The fourth-order valence-electron chi connectivity index (χ4n) is 2.58. The Hall–Kier alpha value is -2.16. The van der Waals surface area contributed by atoms with Crippen LogP contribution in [0.15, 0.2) is 46.4 Å². The van der Waals surface area contributed by atoms with Gasteiger partial charge in [0.15, 0.2) is 11.5 Å². The molecule has 0 atom stereocenters. The summed E-state index contributed by atoms with van der Waals surface area (Å²) >= 11 is 4.91. The molecule has 0 amide bonds. The van der Waals surface area contributed by atoms with Crippen LogP contribution >= 0.6 is 34.4 Å². The van der Waals surface area contributed by atoms with E-state index in [0.717, 1.165) is 37.3 Å². The van der Waals surface area contributed by atoms with Crippen LogP contribution in [0.3, 0.4) is 0 Å². The average Bonchev–Trinajstić information content (AvgIpc) is 3.35. The number of nitrogens with zero attached hydrogens (tertiary/aromatic N) is 3. The van der Waals surface area contributed by atoms with E-state index in [1.807, 2.05) is 23.6 Å². The molecule has 0 fully saturated rings. The van der Waals surface area contributed by atoms with Crippen LogP contribution in [0.1, 0.15) is 5.69 Å². The summed E-state index contributed by atoms with van der Waals surface area (Å²) in [5.41, 5.74) is 1.96. The lowest BCUT2D eigenvalue weighted by Crippen LogP contribution is -1.93. The van der Waals surface area contributed by atoms with E-state index < -0.39 is 0 Å². The van der Waals surface area contributed by atoms with E-state index in [9.17, 15) is 0 Å². The molecule has 0 saturated heterocycles. The van der Waals surface area contributed by atoms with E-state index in [4.69, 9.17) is 14.5 Å². The van der Waals surface area contributed by atoms with Gasteiger partial charge < -0.3 is 9.47 Å². The molecule has 5 nitrogen and oxygen atoms in total. The van der Waals surface area contributed by atoms with E-state index in [1.165, 1.54) is 0 Å². The molecule has 4 aromatic rings. The summed E-state index contributed by atoms with van der Waals surface area (Å²) in [7, 11) is 3.28. The van der Waals surface area contributed by atoms with Gasteiger partial charge in [-0.25, -0.2) is 15.0 Å². The van der Waals surface area contributed by atoms with Crippen molar-refractivity contribution in [3.63, 3.8) is 0 Å². The predicted octanol–water partition coefficient (Wildman–Crippen LogP) is 5.12. The molecule has 4 rings (SSSR count). The van der Waals surface area contributed by atoms with Crippen molar-refractivity contribution >= 4 is 44.7 Å². The van der Waals surface area contributed by atoms with Crippen molar-refractivity contribution in [2.45, 2.75) is 10.8 Å². The van der Waals surface area contributed by atoms with Crippen LogP contribution in [0.4, 0.5) is 0 Å². The molecule has 1 aromatic carbocycles. The monoisotopic (exact) mass is 401 g/mol. The maximum atomic E-state index is 5.52.